The lowest BCUT2D eigenvalue weighted by Gasteiger charge is -2.51. The number of hydrogen-bond donors (Lipinski definition) is 1. The Morgan fingerprint density at radius 1 is 1.22 bits per heavy atom. The normalized spacial score (nSPS) is 30.7. The quantitative estimate of drug-likeness (QED) is 0.872. The van der Waals surface area contributed by atoms with Gasteiger partial charge in [-0.2, -0.15) is 0 Å². The molecule has 1 aliphatic rings. The summed E-state index contributed by atoms with van der Waals surface area (Å²) in [7, 11) is 0. The Bertz CT molecular complexity index is 390. The van der Waals surface area contributed by atoms with Crippen molar-refractivity contribution in [3.05, 3.63) is 24.3 Å². The van der Waals surface area contributed by atoms with Crippen molar-refractivity contribution < 1.29 is 9.47 Å². The van der Waals surface area contributed by atoms with Crippen LogP contribution in [0.25, 0.3) is 0 Å². The third-order valence-corrected chi connectivity index (χ3v) is 4.23. The Balaban J connectivity index is 1.98. The van der Waals surface area contributed by atoms with Crippen LogP contribution in [0.4, 0.5) is 0 Å². The summed E-state index contributed by atoms with van der Waals surface area (Å²) in [5.74, 6) is 1.78. The second-order valence-corrected chi connectivity index (χ2v) is 5.21. The zero-order valence-electron chi connectivity index (χ0n) is 11.5. The van der Waals surface area contributed by atoms with Crippen LogP contribution in [-0.4, -0.2) is 18.8 Å². The molecular formula is C15H23NO2. The van der Waals surface area contributed by atoms with Crippen LogP contribution in [-0.2, 0) is 0 Å². The van der Waals surface area contributed by atoms with E-state index in [0.717, 1.165) is 24.3 Å². The maximum atomic E-state index is 6.08. The molecule has 1 aromatic carbocycles. The van der Waals surface area contributed by atoms with Gasteiger partial charge in [-0.05, 0) is 37.6 Å². The fourth-order valence-corrected chi connectivity index (χ4v) is 2.47. The van der Waals surface area contributed by atoms with E-state index < -0.39 is 0 Å². The van der Waals surface area contributed by atoms with E-state index in [2.05, 4.69) is 13.8 Å². The predicted molar refractivity (Wildman–Crippen MR) is 73.0 cm³/mol. The molecule has 1 aromatic rings. The molecule has 3 atom stereocenters. The molecule has 1 aliphatic carbocycles. The van der Waals surface area contributed by atoms with Gasteiger partial charge in [-0.25, -0.2) is 0 Å². The summed E-state index contributed by atoms with van der Waals surface area (Å²) in [6.07, 6.45) is 2.23. The largest absolute Gasteiger partial charge is 0.494 e. The molecule has 100 valence electrons. The van der Waals surface area contributed by atoms with E-state index in [1.54, 1.807) is 0 Å². The molecule has 0 aliphatic heterocycles. The lowest BCUT2D eigenvalue weighted by molar-refractivity contribution is -0.0560. The van der Waals surface area contributed by atoms with E-state index >= 15 is 0 Å². The van der Waals surface area contributed by atoms with E-state index in [1.807, 2.05) is 31.2 Å². The van der Waals surface area contributed by atoms with Crippen LogP contribution in [0.5, 0.6) is 11.5 Å². The van der Waals surface area contributed by atoms with E-state index in [-0.39, 0.29) is 17.6 Å². The second kappa shape index (κ2) is 5.19. The highest BCUT2D eigenvalue weighted by atomic mass is 16.5. The Morgan fingerprint density at radius 2 is 1.83 bits per heavy atom. The van der Waals surface area contributed by atoms with E-state index in [0.29, 0.717) is 6.61 Å². The van der Waals surface area contributed by atoms with Gasteiger partial charge in [0.05, 0.1) is 6.61 Å². The minimum absolute atomic E-state index is 0.110. The van der Waals surface area contributed by atoms with Crippen LogP contribution >= 0.6 is 0 Å². The zero-order chi connectivity index (χ0) is 13.2. The molecule has 18 heavy (non-hydrogen) atoms. The molecule has 2 N–H and O–H groups in total. The molecule has 0 spiro atoms. The van der Waals surface area contributed by atoms with Gasteiger partial charge < -0.3 is 15.2 Å². The highest BCUT2D eigenvalue weighted by molar-refractivity contribution is 5.31. The molecule has 3 heteroatoms. The first-order valence-corrected chi connectivity index (χ1v) is 6.75. The van der Waals surface area contributed by atoms with E-state index in [4.69, 9.17) is 15.2 Å². The van der Waals surface area contributed by atoms with Gasteiger partial charge in [0.25, 0.3) is 0 Å². The molecule has 0 radical (unpaired) electrons. The molecule has 0 amide bonds. The summed E-state index contributed by atoms with van der Waals surface area (Å²) in [5, 5.41) is 0. The van der Waals surface area contributed by atoms with Crippen molar-refractivity contribution in [1.82, 2.24) is 0 Å². The fourth-order valence-electron chi connectivity index (χ4n) is 2.47. The maximum absolute atomic E-state index is 6.08. The van der Waals surface area contributed by atoms with Gasteiger partial charge in [0.2, 0.25) is 0 Å². The third-order valence-electron chi connectivity index (χ3n) is 4.23. The first-order valence-electron chi connectivity index (χ1n) is 6.75. The van der Waals surface area contributed by atoms with Gasteiger partial charge >= 0.3 is 0 Å². The molecule has 0 bridgehead atoms. The lowest BCUT2D eigenvalue weighted by Crippen LogP contribution is -2.61. The maximum Gasteiger partial charge on any atom is 0.120 e. The van der Waals surface area contributed by atoms with Crippen molar-refractivity contribution >= 4 is 0 Å². The van der Waals surface area contributed by atoms with Crippen LogP contribution in [0.15, 0.2) is 24.3 Å². The predicted octanol–water partition coefficient (Wildman–Crippen LogP) is 2.98. The molecule has 0 heterocycles. The van der Waals surface area contributed by atoms with Gasteiger partial charge in [0, 0.05) is 17.9 Å². The molecular weight excluding hydrogens is 226 g/mol. The van der Waals surface area contributed by atoms with E-state index in [1.165, 1.54) is 0 Å². The van der Waals surface area contributed by atoms with Crippen molar-refractivity contribution in [2.45, 2.75) is 45.8 Å². The number of benzene rings is 1. The topological polar surface area (TPSA) is 44.5 Å². The average molecular weight is 249 g/mol. The van der Waals surface area contributed by atoms with Gasteiger partial charge in [0.15, 0.2) is 0 Å². The van der Waals surface area contributed by atoms with E-state index in [9.17, 15) is 0 Å². The molecule has 1 fully saturated rings. The summed E-state index contributed by atoms with van der Waals surface area (Å²) in [6, 6.07) is 8.08. The van der Waals surface area contributed by atoms with Crippen LogP contribution in [0, 0.1) is 5.41 Å². The Morgan fingerprint density at radius 3 is 2.33 bits per heavy atom. The van der Waals surface area contributed by atoms with Crippen molar-refractivity contribution in [1.29, 1.82) is 0 Å². The Hall–Kier alpha value is -1.22. The zero-order valence-corrected chi connectivity index (χ0v) is 11.5. The van der Waals surface area contributed by atoms with Gasteiger partial charge in [-0.15, -0.1) is 0 Å². The molecule has 1 saturated carbocycles. The minimum Gasteiger partial charge on any atom is -0.494 e. The monoisotopic (exact) mass is 249 g/mol. The number of nitrogens with two attached hydrogens (primary N) is 1. The van der Waals surface area contributed by atoms with Crippen molar-refractivity contribution in [2.75, 3.05) is 6.61 Å². The first kappa shape index (κ1) is 13.2. The Kier molecular flexibility index (Phi) is 3.81. The van der Waals surface area contributed by atoms with Crippen LogP contribution in [0.3, 0.4) is 0 Å². The molecule has 2 rings (SSSR count). The molecule has 3 nitrogen and oxygen atoms in total. The summed E-state index contributed by atoms with van der Waals surface area (Å²) in [5.41, 5.74) is 6.18. The van der Waals surface area contributed by atoms with Crippen LogP contribution in [0.1, 0.15) is 33.6 Å². The first-order chi connectivity index (χ1) is 8.60. The lowest BCUT2D eigenvalue weighted by atomic mass is 9.62. The third kappa shape index (κ3) is 2.32. The second-order valence-electron chi connectivity index (χ2n) is 5.21. The SMILES string of the molecule is CCOc1ccc(OC2CC(N)C2(C)CC)cc1. The number of rotatable bonds is 5. The summed E-state index contributed by atoms with van der Waals surface area (Å²) in [4.78, 5) is 0. The fraction of sp³-hybridized carbons (Fsp3) is 0.600. The summed E-state index contributed by atoms with van der Waals surface area (Å²) in [6.45, 7) is 7.05. The van der Waals surface area contributed by atoms with Gasteiger partial charge in [-0.3, -0.25) is 0 Å². The van der Waals surface area contributed by atoms with Gasteiger partial charge in [0.1, 0.15) is 17.6 Å². The highest BCUT2D eigenvalue weighted by Gasteiger charge is 2.50. The summed E-state index contributed by atoms with van der Waals surface area (Å²) >= 11 is 0. The van der Waals surface area contributed by atoms with Crippen LogP contribution < -0.4 is 15.2 Å². The molecule has 0 saturated heterocycles. The molecule has 3 unspecified atom stereocenters. The standard InChI is InChI=1S/C15H23NO2/c1-4-15(3)13(16)10-14(15)18-12-8-6-11(7-9-12)17-5-2/h6-9,13-14H,4-5,10,16H2,1-3H3. The minimum atomic E-state index is 0.110. The van der Waals surface area contributed by atoms with Gasteiger partial charge in [-0.1, -0.05) is 13.8 Å². The van der Waals surface area contributed by atoms with Crippen LogP contribution in [0.2, 0.25) is 0 Å². The van der Waals surface area contributed by atoms with Crippen molar-refractivity contribution in [3.63, 3.8) is 0 Å². The summed E-state index contributed by atoms with van der Waals surface area (Å²) < 4.78 is 11.4. The molecule has 0 aromatic heterocycles. The highest BCUT2D eigenvalue weighted by Crippen LogP contribution is 2.44. The number of hydrogen-bond acceptors (Lipinski definition) is 3. The smallest absolute Gasteiger partial charge is 0.120 e. The Labute approximate surface area is 109 Å². The van der Waals surface area contributed by atoms with Crippen molar-refractivity contribution in [3.8, 4) is 11.5 Å². The average Bonchev–Trinajstić information content (AvgIpc) is 2.40. The van der Waals surface area contributed by atoms with Crippen molar-refractivity contribution in [2.24, 2.45) is 11.1 Å². The number of ether oxygens (including phenoxy) is 2.